The monoisotopic (exact) mass is 604 g/mol. The minimum absolute atomic E-state index is 0.0361. The maximum atomic E-state index is 13.5. The van der Waals surface area contributed by atoms with Crippen molar-refractivity contribution in [1.29, 1.82) is 0 Å². The summed E-state index contributed by atoms with van der Waals surface area (Å²) in [7, 11) is 1.51. The van der Waals surface area contributed by atoms with Crippen LogP contribution in [0.5, 0.6) is 5.75 Å². The van der Waals surface area contributed by atoms with E-state index in [4.69, 9.17) is 19.6 Å². The predicted octanol–water partition coefficient (Wildman–Crippen LogP) is 5.17. The summed E-state index contributed by atoms with van der Waals surface area (Å²) in [5.74, 6) is 0.332. The van der Waals surface area contributed by atoms with E-state index in [0.29, 0.717) is 33.7 Å². The molecule has 1 aliphatic heterocycles. The van der Waals surface area contributed by atoms with Gasteiger partial charge in [0, 0.05) is 43.9 Å². The fourth-order valence-corrected chi connectivity index (χ4v) is 6.44. The molecule has 10 heteroatoms. The van der Waals surface area contributed by atoms with Crippen LogP contribution >= 0.6 is 0 Å². The number of nitrogens with one attached hydrogen (secondary N) is 1. The second kappa shape index (κ2) is 11.6. The number of piperazine rings is 1. The number of carbonyl (C=O) groups excluding carboxylic acids is 3. The van der Waals surface area contributed by atoms with Crippen LogP contribution in [-0.4, -0.2) is 72.5 Å². The number of H-pyrrole nitrogens is 1. The van der Waals surface area contributed by atoms with Gasteiger partial charge in [-0.2, -0.15) is 0 Å². The lowest BCUT2D eigenvalue weighted by atomic mass is 9.98. The van der Waals surface area contributed by atoms with Crippen LogP contribution in [0.15, 0.2) is 83.4 Å². The highest BCUT2D eigenvalue weighted by Gasteiger charge is 2.33. The number of amides is 2. The van der Waals surface area contributed by atoms with Crippen LogP contribution in [0.2, 0.25) is 0 Å². The fraction of sp³-hybridized carbons (Fsp3) is 0.229. The highest BCUT2D eigenvalue weighted by Crippen LogP contribution is 2.44. The van der Waals surface area contributed by atoms with Crippen LogP contribution in [0.25, 0.3) is 33.4 Å². The van der Waals surface area contributed by atoms with Crippen molar-refractivity contribution in [3.05, 3.63) is 101 Å². The van der Waals surface area contributed by atoms with Crippen LogP contribution in [-0.2, 0) is 16.1 Å². The normalized spacial score (nSPS) is 14.4. The van der Waals surface area contributed by atoms with E-state index in [0.717, 1.165) is 22.3 Å². The molecule has 3 heterocycles. The summed E-state index contributed by atoms with van der Waals surface area (Å²) >= 11 is 0. The number of fused-ring (bicyclic) bond motifs is 4. The third-order valence-electron chi connectivity index (χ3n) is 8.75. The first-order valence-electron chi connectivity index (χ1n) is 14.9. The topological polar surface area (TPSA) is 131 Å². The van der Waals surface area contributed by atoms with Crippen LogP contribution in [0.3, 0.4) is 0 Å². The molecule has 2 amide bonds. The molecule has 7 rings (SSSR count). The summed E-state index contributed by atoms with van der Waals surface area (Å²) in [4.78, 5) is 46.2. The van der Waals surface area contributed by atoms with E-state index >= 15 is 0 Å². The number of rotatable bonds is 7. The van der Waals surface area contributed by atoms with Crippen molar-refractivity contribution in [2.45, 2.75) is 12.5 Å². The van der Waals surface area contributed by atoms with Crippen LogP contribution < -0.4 is 10.5 Å². The standard InChI is InChI=1S/C35H32N4O6/c1-43-30-13-11-26(29-12-10-21(18-36)45-29)32-31(30)27(19-37-32)33(40)34(41)38-14-16-39(17-15-38)35(42)44-20-28-24-8-4-2-6-22(24)23-7-3-5-9-25(23)28/h2-13,19,28,37H,14-18,20,36H2,1H3. The molecule has 2 aliphatic rings. The average Bonchev–Trinajstić information content (AvgIpc) is 3.83. The van der Waals surface area contributed by atoms with Gasteiger partial charge in [0.05, 0.1) is 30.1 Å². The number of aromatic nitrogens is 1. The summed E-state index contributed by atoms with van der Waals surface area (Å²) in [6, 6.07) is 23.5. The molecule has 2 aromatic heterocycles. The third kappa shape index (κ3) is 4.93. The zero-order valence-corrected chi connectivity index (χ0v) is 24.7. The molecule has 0 bridgehead atoms. The summed E-state index contributed by atoms with van der Waals surface area (Å²) in [6.45, 7) is 1.44. The maximum Gasteiger partial charge on any atom is 0.409 e. The second-order valence-electron chi connectivity index (χ2n) is 11.2. The number of nitrogens with two attached hydrogens (primary N) is 1. The smallest absolute Gasteiger partial charge is 0.409 e. The number of aromatic amines is 1. The van der Waals surface area contributed by atoms with E-state index < -0.39 is 17.8 Å². The van der Waals surface area contributed by atoms with Crippen molar-refractivity contribution >= 4 is 28.7 Å². The van der Waals surface area contributed by atoms with Gasteiger partial charge in [-0.1, -0.05) is 48.5 Å². The molecule has 5 aromatic rings. The van der Waals surface area contributed by atoms with E-state index in [9.17, 15) is 14.4 Å². The Morgan fingerprint density at radius 3 is 2.18 bits per heavy atom. The molecule has 1 saturated heterocycles. The Kier molecular flexibility index (Phi) is 7.34. The average molecular weight is 605 g/mol. The quantitative estimate of drug-likeness (QED) is 0.194. The number of nitrogens with zero attached hydrogens (tertiary/aromatic N) is 2. The summed E-state index contributed by atoms with van der Waals surface area (Å²) in [6.07, 6.45) is 1.09. The lowest BCUT2D eigenvalue weighted by Gasteiger charge is -2.34. The highest BCUT2D eigenvalue weighted by atomic mass is 16.6. The molecule has 0 atom stereocenters. The molecule has 1 fully saturated rings. The summed E-state index contributed by atoms with van der Waals surface area (Å²) in [5, 5.41) is 0.497. The molecule has 0 spiro atoms. The Labute approximate surface area is 259 Å². The van der Waals surface area contributed by atoms with Gasteiger partial charge in [0.1, 0.15) is 23.9 Å². The maximum absolute atomic E-state index is 13.5. The number of methoxy groups -OCH3 is 1. The first kappa shape index (κ1) is 28.4. The molecular formula is C35H32N4O6. The number of ketones is 1. The molecule has 3 aromatic carbocycles. The molecule has 0 unspecified atom stereocenters. The van der Waals surface area contributed by atoms with Gasteiger partial charge in [0.25, 0.3) is 11.7 Å². The van der Waals surface area contributed by atoms with Crippen LogP contribution in [0.4, 0.5) is 4.79 Å². The third-order valence-corrected chi connectivity index (χ3v) is 8.75. The number of hydrogen-bond donors (Lipinski definition) is 2. The first-order valence-corrected chi connectivity index (χ1v) is 14.9. The molecule has 3 N–H and O–H groups in total. The molecular weight excluding hydrogens is 572 g/mol. The Bertz CT molecular complexity index is 1890. The van der Waals surface area contributed by atoms with E-state index in [1.54, 1.807) is 17.0 Å². The molecule has 1 aliphatic carbocycles. The zero-order valence-electron chi connectivity index (χ0n) is 24.7. The van der Waals surface area contributed by atoms with Crippen molar-refractivity contribution in [2.75, 3.05) is 39.9 Å². The Morgan fingerprint density at radius 2 is 1.53 bits per heavy atom. The van der Waals surface area contributed by atoms with Gasteiger partial charge < -0.3 is 34.4 Å². The van der Waals surface area contributed by atoms with Gasteiger partial charge in [-0.15, -0.1) is 0 Å². The van der Waals surface area contributed by atoms with Gasteiger partial charge in [0.2, 0.25) is 0 Å². The number of benzene rings is 3. The lowest BCUT2D eigenvalue weighted by Crippen LogP contribution is -2.52. The number of hydrogen-bond acceptors (Lipinski definition) is 7. The minimum Gasteiger partial charge on any atom is -0.496 e. The molecule has 0 saturated carbocycles. The second-order valence-corrected chi connectivity index (χ2v) is 11.2. The van der Waals surface area contributed by atoms with Gasteiger partial charge in [-0.25, -0.2) is 4.79 Å². The Hall–Kier alpha value is -5.35. The van der Waals surface area contributed by atoms with E-state index in [1.165, 1.54) is 18.2 Å². The Morgan fingerprint density at radius 1 is 0.867 bits per heavy atom. The Balaban J connectivity index is 1.01. The first-order chi connectivity index (χ1) is 22.0. The van der Waals surface area contributed by atoms with Gasteiger partial charge in [-0.3, -0.25) is 9.59 Å². The largest absolute Gasteiger partial charge is 0.496 e. The number of furan rings is 1. The molecule has 0 radical (unpaired) electrons. The number of ether oxygens (including phenoxy) is 2. The van der Waals surface area contributed by atoms with Crippen molar-refractivity contribution < 1.29 is 28.3 Å². The lowest BCUT2D eigenvalue weighted by molar-refractivity contribution is -0.128. The van der Waals surface area contributed by atoms with Crippen molar-refractivity contribution in [3.63, 3.8) is 0 Å². The number of Topliss-reactive ketones (excluding diaryl/α,β-unsaturated/α-hetero) is 1. The highest BCUT2D eigenvalue weighted by molar-refractivity contribution is 6.45. The summed E-state index contributed by atoms with van der Waals surface area (Å²) in [5.41, 5.74) is 11.9. The SMILES string of the molecule is COc1ccc(-c2ccc(CN)o2)c2[nH]cc(C(=O)C(=O)N3CCN(C(=O)OCC4c5ccccc5-c5ccccc54)CC3)c12. The van der Waals surface area contributed by atoms with Gasteiger partial charge >= 0.3 is 6.09 Å². The van der Waals surface area contributed by atoms with Gasteiger partial charge in [-0.05, 0) is 46.5 Å². The molecule has 45 heavy (non-hydrogen) atoms. The molecule has 10 nitrogen and oxygen atoms in total. The van der Waals surface area contributed by atoms with Crippen LogP contribution in [0, 0.1) is 0 Å². The van der Waals surface area contributed by atoms with Crippen LogP contribution in [0.1, 0.15) is 33.2 Å². The number of carbonyl (C=O) groups is 3. The zero-order chi connectivity index (χ0) is 31.1. The predicted molar refractivity (Wildman–Crippen MR) is 168 cm³/mol. The van der Waals surface area contributed by atoms with Crippen molar-refractivity contribution in [3.8, 4) is 28.2 Å². The summed E-state index contributed by atoms with van der Waals surface area (Å²) < 4.78 is 17.2. The molecule has 228 valence electrons. The van der Waals surface area contributed by atoms with E-state index in [1.807, 2.05) is 36.4 Å². The van der Waals surface area contributed by atoms with E-state index in [-0.39, 0.29) is 50.8 Å². The van der Waals surface area contributed by atoms with Crippen molar-refractivity contribution in [2.24, 2.45) is 5.73 Å². The van der Waals surface area contributed by atoms with Crippen molar-refractivity contribution in [1.82, 2.24) is 14.8 Å². The minimum atomic E-state index is -0.659. The van der Waals surface area contributed by atoms with E-state index in [2.05, 4.69) is 29.2 Å². The fourth-order valence-electron chi connectivity index (χ4n) is 6.44. The van der Waals surface area contributed by atoms with Gasteiger partial charge in [0.15, 0.2) is 0 Å².